The maximum atomic E-state index is 12.7. The lowest BCUT2D eigenvalue weighted by Gasteiger charge is -2.34. The Balaban J connectivity index is 2.41. The van der Waals surface area contributed by atoms with E-state index in [1.54, 1.807) is 13.8 Å². The molecule has 0 bridgehead atoms. The van der Waals surface area contributed by atoms with Gasteiger partial charge in [-0.05, 0) is 32.0 Å². The number of ether oxygens (including phenoxy) is 2. The Morgan fingerprint density at radius 1 is 1.32 bits per heavy atom. The van der Waals surface area contributed by atoms with Gasteiger partial charge in [-0.25, -0.2) is 8.42 Å². The van der Waals surface area contributed by atoms with Crippen LogP contribution in [0.4, 0.5) is 0 Å². The molecule has 0 amide bonds. The second-order valence-electron chi connectivity index (χ2n) is 5.23. The van der Waals surface area contributed by atoms with Crippen molar-refractivity contribution in [2.75, 3.05) is 20.2 Å². The molecule has 0 spiro atoms. The fourth-order valence-electron chi connectivity index (χ4n) is 2.48. The summed E-state index contributed by atoms with van der Waals surface area (Å²) < 4.78 is 37.1. The molecule has 2 rings (SSSR count). The van der Waals surface area contributed by atoms with Crippen molar-refractivity contribution in [1.82, 2.24) is 4.31 Å². The van der Waals surface area contributed by atoms with E-state index >= 15 is 0 Å². The van der Waals surface area contributed by atoms with E-state index in [4.69, 9.17) is 9.47 Å². The fraction of sp³-hybridized carbons (Fsp3) is 0.500. The summed E-state index contributed by atoms with van der Waals surface area (Å²) in [6.07, 6.45) is -0.449. The first kappa shape index (κ1) is 16.7. The molecule has 0 radical (unpaired) electrons. The van der Waals surface area contributed by atoms with Crippen molar-refractivity contribution in [3.8, 4) is 5.75 Å². The predicted molar refractivity (Wildman–Crippen MR) is 76.1 cm³/mol. The highest BCUT2D eigenvalue weighted by molar-refractivity contribution is 7.89. The molecule has 1 fully saturated rings. The van der Waals surface area contributed by atoms with E-state index in [1.165, 1.54) is 23.5 Å². The van der Waals surface area contributed by atoms with Crippen LogP contribution in [-0.2, 0) is 14.8 Å². The maximum absolute atomic E-state index is 12.7. The summed E-state index contributed by atoms with van der Waals surface area (Å²) in [7, 11) is -2.50. The molecule has 0 saturated carbocycles. The number of benzene rings is 1. The monoisotopic (exact) mass is 328 g/mol. The molecule has 0 aromatic heterocycles. The Morgan fingerprint density at radius 2 is 1.91 bits per heavy atom. The van der Waals surface area contributed by atoms with Crippen molar-refractivity contribution in [1.29, 1.82) is 0 Å². The van der Waals surface area contributed by atoms with Crippen LogP contribution in [0, 0.1) is 0 Å². The normalized spacial score (nSPS) is 23.2. The summed E-state index contributed by atoms with van der Waals surface area (Å²) in [4.78, 5) is 11.0. The van der Waals surface area contributed by atoms with E-state index in [-0.39, 0.29) is 41.5 Å². The van der Waals surface area contributed by atoms with Gasteiger partial charge in [0.25, 0.3) is 0 Å². The predicted octanol–water partition coefficient (Wildman–Crippen LogP) is -0.143. The molecule has 1 aliphatic heterocycles. The number of rotatable bonds is 4. The zero-order chi connectivity index (χ0) is 16.5. The quantitative estimate of drug-likeness (QED) is 0.763. The summed E-state index contributed by atoms with van der Waals surface area (Å²) in [5.41, 5.74) is -0.294. The molecule has 0 aliphatic carbocycles. The van der Waals surface area contributed by atoms with Gasteiger partial charge in [0, 0.05) is 18.7 Å². The second kappa shape index (κ2) is 6.23. The summed E-state index contributed by atoms with van der Waals surface area (Å²) in [5.74, 6) is -1.43. The Labute approximate surface area is 129 Å². The molecule has 122 valence electrons. The van der Waals surface area contributed by atoms with Crippen LogP contribution in [0.5, 0.6) is 5.75 Å². The van der Waals surface area contributed by atoms with Crippen LogP contribution in [0.15, 0.2) is 23.1 Å². The third-order valence-electron chi connectivity index (χ3n) is 3.41. The highest BCUT2D eigenvalue weighted by Crippen LogP contribution is 2.26. The third kappa shape index (κ3) is 3.23. The third-order valence-corrected chi connectivity index (χ3v) is 5.24. The van der Waals surface area contributed by atoms with Gasteiger partial charge in [0.05, 0.1) is 30.2 Å². The Bertz CT molecular complexity index is 662. The minimum absolute atomic E-state index is 0.0580. The minimum Gasteiger partial charge on any atom is -0.545 e. The number of sulfonamides is 1. The smallest absolute Gasteiger partial charge is 0.243 e. The van der Waals surface area contributed by atoms with Crippen LogP contribution in [0.3, 0.4) is 0 Å². The minimum atomic E-state index is -3.80. The van der Waals surface area contributed by atoms with Crippen molar-refractivity contribution in [3.05, 3.63) is 23.8 Å². The van der Waals surface area contributed by atoms with Crippen LogP contribution in [-0.4, -0.2) is 51.1 Å². The second-order valence-corrected chi connectivity index (χ2v) is 7.17. The van der Waals surface area contributed by atoms with Crippen LogP contribution in [0.1, 0.15) is 24.2 Å². The van der Waals surface area contributed by atoms with Crippen molar-refractivity contribution in [2.45, 2.75) is 31.0 Å². The van der Waals surface area contributed by atoms with E-state index < -0.39 is 16.0 Å². The average molecular weight is 328 g/mol. The van der Waals surface area contributed by atoms with Gasteiger partial charge >= 0.3 is 0 Å². The van der Waals surface area contributed by atoms with E-state index in [9.17, 15) is 18.3 Å². The first-order chi connectivity index (χ1) is 10.3. The van der Waals surface area contributed by atoms with E-state index in [0.29, 0.717) is 0 Å². The lowest BCUT2D eigenvalue weighted by atomic mass is 10.2. The van der Waals surface area contributed by atoms with Crippen molar-refractivity contribution in [2.24, 2.45) is 0 Å². The number of carboxylic acids is 1. The van der Waals surface area contributed by atoms with Gasteiger partial charge in [0.15, 0.2) is 0 Å². The van der Waals surface area contributed by atoms with Crippen LogP contribution in [0.25, 0.3) is 0 Å². The molecule has 0 N–H and O–H groups in total. The van der Waals surface area contributed by atoms with Crippen molar-refractivity contribution in [3.63, 3.8) is 0 Å². The Kier molecular flexibility index (Phi) is 4.74. The molecule has 1 aliphatic rings. The maximum Gasteiger partial charge on any atom is 0.243 e. The molecular weight excluding hydrogens is 310 g/mol. The number of carbonyl (C=O) groups is 1. The van der Waals surface area contributed by atoms with Gasteiger partial charge in [0.2, 0.25) is 10.0 Å². The summed E-state index contributed by atoms with van der Waals surface area (Å²) in [6.45, 7) is 4.02. The molecule has 22 heavy (non-hydrogen) atoms. The van der Waals surface area contributed by atoms with Crippen LogP contribution >= 0.6 is 0 Å². The number of aromatic carboxylic acids is 1. The van der Waals surface area contributed by atoms with Crippen molar-refractivity contribution < 1.29 is 27.8 Å². The Morgan fingerprint density at radius 3 is 2.41 bits per heavy atom. The number of hydrogen-bond donors (Lipinski definition) is 0. The number of carboxylic acid groups (broad SMARTS) is 1. The van der Waals surface area contributed by atoms with Crippen LogP contribution in [0.2, 0.25) is 0 Å². The van der Waals surface area contributed by atoms with Gasteiger partial charge in [-0.3, -0.25) is 0 Å². The number of morpholine rings is 1. The number of nitrogens with zero attached hydrogens (tertiary/aromatic N) is 1. The molecule has 1 saturated heterocycles. The summed E-state index contributed by atoms with van der Waals surface area (Å²) >= 11 is 0. The zero-order valence-corrected chi connectivity index (χ0v) is 13.4. The molecule has 1 aromatic rings. The lowest BCUT2D eigenvalue weighted by molar-refractivity contribution is -0.255. The molecule has 0 unspecified atom stereocenters. The molecule has 8 heteroatoms. The van der Waals surface area contributed by atoms with Crippen LogP contribution < -0.4 is 9.84 Å². The standard InChI is InChI=1S/C14H19NO6S/c1-9-7-15(8-10(2)21-9)22(18,19)11-4-5-13(20-3)12(6-11)14(16)17/h4-6,9-10H,7-8H2,1-3H3,(H,16,17)/p-1/t9-,10-/m0/s1. The molecule has 1 heterocycles. The lowest BCUT2D eigenvalue weighted by Crippen LogP contribution is -2.48. The topological polar surface area (TPSA) is 96.0 Å². The van der Waals surface area contributed by atoms with Gasteiger partial charge in [-0.15, -0.1) is 0 Å². The SMILES string of the molecule is COc1ccc(S(=O)(=O)N2C[C@H](C)O[C@@H](C)C2)cc1C(=O)[O-]. The number of carbonyl (C=O) groups excluding carboxylic acids is 1. The van der Waals surface area contributed by atoms with Gasteiger partial charge in [-0.2, -0.15) is 4.31 Å². The van der Waals surface area contributed by atoms with Gasteiger partial charge in [-0.1, -0.05) is 0 Å². The zero-order valence-electron chi connectivity index (χ0n) is 12.6. The highest BCUT2D eigenvalue weighted by atomic mass is 32.2. The van der Waals surface area contributed by atoms with E-state index in [0.717, 1.165) is 6.07 Å². The molecular formula is C14H18NO6S-. The fourth-order valence-corrected chi connectivity index (χ4v) is 4.10. The van der Waals surface area contributed by atoms with E-state index in [1.807, 2.05) is 0 Å². The molecule has 7 nitrogen and oxygen atoms in total. The Hall–Kier alpha value is -1.64. The number of methoxy groups -OCH3 is 1. The summed E-state index contributed by atoms with van der Waals surface area (Å²) in [5, 5.41) is 11.1. The van der Waals surface area contributed by atoms with Crippen molar-refractivity contribution >= 4 is 16.0 Å². The first-order valence-electron chi connectivity index (χ1n) is 6.80. The summed E-state index contributed by atoms with van der Waals surface area (Å²) in [6, 6.07) is 3.70. The molecule has 2 atom stereocenters. The van der Waals surface area contributed by atoms with Gasteiger partial charge < -0.3 is 19.4 Å². The highest BCUT2D eigenvalue weighted by Gasteiger charge is 2.32. The largest absolute Gasteiger partial charge is 0.545 e. The molecule has 1 aromatic carbocycles. The number of hydrogen-bond acceptors (Lipinski definition) is 6. The van der Waals surface area contributed by atoms with E-state index in [2.05, 4.69) is 0 Å². The van der Waals surface area contributed by atoms with Gasteiger partial charge in [0.1, 0.15) is 5.75 Å². The average Bonchev–Trinajstić information content (AvgIpc) is 2.45. The first-order valence-corrected chi connectivity index (χ1v) is 8.24.